The van der Waals surface area contributed by atoms with Crippen LogP contribution in [0.4, 0.5) is 0 Å². The van der Waals surface area contributed by atoms with Crippen LogP contribution in [-0.2, 0) is 12.8 Å². The molecule has 0 N–H and O–H groups in total. The molecular weight excluding hydrogens is 406 g/mol. The second kappa shape index (κ2) is 12.3. The molecule has 0 spiro atoms. The second-order valence-corrected chi connectivity index (χ2v) is 8.89. The van der Waals surface area contributed by atoms with E-state index in [1.54, 1.807) is 0 Å². The fourth-order valence-electron chi connectivity index (χ4n) is 3.40. The highest BCUT2D eigenvalue weighted by atomic mass is 35.5. The van der Waals surface area contributed by atoms with Crippen molar-refractivity contribution < 1.29 is 0 Å². The summed E-state index contributed by atoms with van der Waals surface area (Å²) in [5, 5.41) is 2.85. The van der Waals surface area contributed by atoms with Crippen molar-refractivity contribution in [2.45, 2.75) is 62.1 Å². The van der Waals surface area contributed by atoms with Gasteiger partial charge in [-0.2, -0.15) is 0 Å². The molecule has 0 bridgehead atoms. The summed E-state index contributed by atoms with van der Waals surface area (Å²) in [6, 6.07) is 13.0. The highest BCUT2D eigenvalue weighted by molar-refractivity contribution is 6.21. The van der Waals surface area contributed by atoms with Crippen LogP contribution >= 0.6 is 46.4 Å². The first-order valence-corrected chi connectivity index (χ1v) is 11.5. The topological polar surface area (TPSA) is 0 Å². The molecule has 0 amide bonds. The molecule has 2 aromatic rings. The standard InChI is InChI=1S/C22H28Cl4/c23-13-5-3-8-19(25)15-18-12-11-17-7-1-2-10-21(17)22(18)16-20(26)9-4-6-14-24/h1-2,7,10-12,19-20H,3-6,8-9,13-16H2. The van der Waals surface area contributed by atoms with Crippen molar-refractivity contribution in [3.63, 3.8) is 0 Å². The zero-order valence-electron chi connectivity index (χ0n) is 15.2. The molecule has 144 valence electrons. The fourth-order valence-corrected chi connectivity index (χ4v) is 4.41. The molecule has 0 aliphatic rings. The predicted molar refractivity (Wildman–Crippen MR) is 120 cm³/mol. The van der Waals surface area contributed by atoms with Gasteiger partial charge in [0.25, 0.3) is 0 Å². The van der Waals surface area contributed by atoms with Gasteiger partial charge in [0.15, 0.2) is 0 Å². The van der Waals surface area contributed by atoms with E-state index < -0.39 is 0 Å². The van der Waals surface area contributed by atoms with Gasteiger partial charge in [0, 0.05) is 22.5 Å². The van der Waals surface area contributed by atoms with Gasteiger partial charge in [-0.15, -0.1) is 46.4 Å². The normalized spacial score (nSPS) is 13.8. The van der Waals surface area contributed by atoms with Crippen molar-refractivity contribution in [2.24, 2.45) is 0 Å². The molecular formula is C22H28Cl4. The molecule has 0 aliphatic heterocycles. The molecule has 0 nitrogen and oxygen atoms in total. The van der Waals surface area contributed by atoms with Crippen molar-refractivity contribution in [1.29, 1.82) is 0 Å². The van der Waals surface area contributed by atoms with Crippen LogP contribution in [0.2, 0.25) is 0 Å². The van der Waals surface area contributed by atoms with Crippen molar-refractivity contribution in [3.8, 4) is 0 Å². The maximum Gasteiger partial charge on any atom is 0.0376 e. The van der Waals surface area contributed by atoms with Gasteiger partial charge in [0.2, 0.25) is 0 Å². The van der Waals surface area contributed by atoms with Gasteiger partial charge >= 0.3 is 0 Å². The van der Waals surface area contributed by atoms with E-state index in [-0.39, 0.29) is 10.8 Å². The van der Waals surface area contributed by atoms with Crippen molar-refractivity contribution in [3.05, 3.63) is 47.5 Å². The lowest BCUT2D eigenvalue weighted by atomic mass is 9.91. The summed E-state index contributed by atoms with van der Waals surface area (Å²) < 4.78 is 0. The lowest BCUT2D eigenvalue weighted by Crippen LogP contribution is -2.11. The first-order valence-electron chi connectivity index (χ1n) is 9.55. The third kappa shape index (κ3) is 7.12. The average molecular weight is 434 g/mol. The van der Waals surface area contributed by atoms with Gasteiger partial charge in [0.05, 0.1) is 0 Å². The van der Waals surface area contributed by atoms with Crippen LogP contribution in [0.5, 0.6) is 0 Å². The number of unbranched alkanes of at least 4 members (excludes halogenated alkanes) is 2. The van der Waals surface area contributed by atoms with Crippen LogP contribution in [0.3, 0.4) is 0 Å². The fraction of sp³-hybridized carbons (Fsp3) is 0.545. The lowest BCUT2D eigenvalue weighted by Gasteiger charge is -2.18. The van der Waals surface area contributed by atoms with Crippen molar-refractivity contribution >= 4 is 57.2 Å². The molecule has 4 heteroatoms. The second-order valence-electron chi connectivity index (χ2n) is 6.90. The van der Waals surface area contributed by atoms with Gasteiger partial charge in [-0.25, -0.2) is 0 Å². The van der Waals surface area contributed by atoms with E-state index in [2.05, 4.69) is 36.4 Å². The van der Waals surface area contributed by atoms with Gasteiger partial charge in [-0.1, -0.05) is 49.2 Å². The maximum atomic E-state index is 6.67. The monoisotopic (exact) mass is 432 g/mol. The van der Waals surface area contributed by atoms with E-state index in [0.717, 1.165) is 51.4 Å². The molecule has 0 heterocycles. The Morgan fingerprint density at radius 1 is 0.692 bits per heavy atom. The largest absolute Gasteiger partial charge is 0.127 e. The van der Waals surface area contributed by atoms with Crippen LogP contribution in [0.1, 0.15) is 49.7 Å². The Hall–Kier alpha value is -0.140. The Bertz CT molecular complexity index is 656. The molecule has 2 atom stereocenters. The van der Waals surface area contributed by atoms with Crippen LogP contribution in [0.25, 0.3) is 10.8 Å². The summed E-state index contributed by atoms with van der Waals surface area (Å²) in [6.07, 6.45) is 7.97. The number of hydrogen-bond acceptors (Lipinski definition) is 0. The molecule has 0 saturated carbocycles. The predicted octanol–water partition coefficient (Wildman–Crippen LogP) is 7.96. The smallest absolute Gasteiger partial charge is 0.0376 e. The maximum absolute atomic E-state index is 6.67. The summed E-state index contributed by atoms with van der Waals surface area (Å²) in [5.74, 6) is 1.42. The zero-order valence-corrected chi connectivity index (χ0v) is 18.2. The molecule has 0 fully saturated rings. The minimum absolute atomic E-state index is 0.132. The number of halogens is 4. The van der Waals surface area contributed by atoms with E-state index in [1.807, 2.05) is 0 Å². The minimum atomic E-state index is 0.132. The van der Waals surface area contributed by atoms with E-state index in [0.29, 0.717) is 11.8 Å². The van der Waals surface area contributed by atoms with Gasteiger partial charge in [-0.05, 0) is 60.4 Å². The first kappa shape index (κ1) is 22.2. The quantitative estimate of drug-likeness (QED) is 0.235. The van der Waals surface area contributed by atoms with Crippen molar-refractivity contribution in [2.75, 3.05) is 11.8 Å². The van der Waals surface area contributed by atoms with Crippen molar-refractivity contribution in [1.82, 2.24) is 0 Å². The van der Waals surface area contributed by atoms with E-state index >= 15 is 0 Å². The minimum Gasteiger partial charge on any atom is -0.127 e. The molecule has 0 saturated heterocycles. The van der Waals surface area contributed by atoms with Crippen LogP contribution in [0, 0.1) is 0 Å². The average Bonchev–Trinajstić information content (AvgIpc) is 2.64. The van der Waals surface area contributed by atoms with Crippen LogP contribution in [0.15, 0.2) is 36.4 Å². The summed E-state index contributed by atoms with van der Waals surface area (Å²) in [4.78, 5) is 0. The van der Waals surface area contributed by atoms with Gasteiger partial charge in [0.1, 0.15) is 0 Å². The molecule has 0 radical (unpaired) electrons. The Morgan fingerprint density at radius 2 is 1.31 bits per heavy atom. The molecule has 2 unspecified atom stereocenters. The molecule has 0 aliphatic carbocycles. The molecule has 2 rings (SSSR count). The number of benzene rings is 2. The Kier molecular flexibility index (Phi) is 10.5. The van der Waals surface area contributed by atoms with E-state index in [1.165, 1.54) is 21.9 Å². The Labute approximate surface area is 178 Å². The molecule has 26 heavy (non-hydrogen) atoms. The molecule has 0 aromatic heterocycles. The number of rotatable bonds is 12. The van der Waals surface area contributed by atoms with E-state index in [9.17, 15) is 0 Å². The summed E-state index contributed by atoms with van der Waals surface area (Å²) in [6.45, 7) is 0. The highest BCUT2D eigenvalue weighted by Crippen LogP contribution is 2.28. The number of fused-ring (bicyclic) bond motifs is 1. The Morgan fingerprint density at radius 3 is 1.96 bits per heavy atom. The lowest BCUT2D eigenvalue weighted by molar-refractivity contribution is 0.662. The van der Waals surface area contributed by atoms with Crippen LogP contribution in [-0.4, -0.2) is 22.5 Å². The summed E-state index contributed by atoms with van der Waals surface area (Å²) in [5.41, 5.74) is 2.69. The third-order valence-corrected chi connectivity index (χ3v) is 6.09. The molecule has 2 aromatic carbocycles. The number of hydrogen-bond donors (Lipinski definition) is 0. The highest BCUT2D eigenvalue weighted by Gasteiger charge is 2.15. The number of alkyl halides is 4. The first-order chi connectivity index (χ1) is 12.7. The zero-order chi connectivity index (χ0) is 18.8. The summed E-state index contributed by atoms with van der Waals surface area (Å²) >= 11 is 24.9. The van der Waals surface area contributed by atoms with Gasteiger partial charge in [-0.3, -0.25) is 0 Å². The third-order valence-electron chi connectivity index (χ3n) is 4.81. The van der Waals surface area contributed by atoms with Crippen LogP contribution < -0.4 is 0 Å². The summed E-state index contributed by atoms with van der Waals surface area (Å²) in [7, 11) is 0. The Balaban J connectivity index is 2.17. The van der Waals surface area contributed by atoms with Gasteiger partial charge < -0.3 is 0 Å². The van der Waals surface area contributed by atoms with E-state index in [4.69, 9.17) is 46.4 Å². The SMILES string of the molecule is ClCCCCC(Cl)Cc1ccc2ccccc2c1CC(Cl)CCCCCl.